The Labute approximate surface area is 234 Å². The Morgan fingerprint density at radius 2 is 2.10 bits per heavy atom. The Morgan fingerprint density at radius 3 is 2.77 bits per heavy atom. The second-order valence-electron chi connectivity index (χ2n) is 8.92. The highest BCUT2D eigenvalue weighted by Crippen LogP contribution is 2.44. The summed E-state index contributed by atoms with van der Waals surface area (Å²) in [6, 6.07) is 8.81. The molecule has 1 aromatic carbocycles. The predicted octanol–water partition coefficient (Wildman–Crippen LogP) is 1.16. The van der Waals surface area contributed by atoms with Crippen molar-refractivity contribution in [2.75, 3.05) is 18.1 Å². The van der Waals surface area contributed by atoms with E-state index in [4.69, 9.17) is 4.84 Å². The van der Waals surface area contributed by atoms with E-state index in [0.717, 1.165) is 4.88 Å². The number of thioether (sulfide) groups is 2. The van der Waals surface area contributed by atoms with Gasteiger partial charge in [-0.05, 0) is 46.1 Å². The zero-order chi connectivity index (χ0) is 27.6. The first-order valence-electron chi connectivity index (χ1n) is 11.6. The van der Waals surface area contributed by atoms with Gasteiger partial charge in [0.15, 0.2) is 12.3 Å². The molecule has 5 rings (SSSR count). The Kier molecular flexibility index (Phi) is 7.76. The van der Waals surface area contributed by atoms with Crippen LogP contribution in [0.1, 0.15) is 10.4 Å². The van der Waals surface area contributed by atoms with Crippen LogP contribution in [-0.2, 0) is 32.9 Å². The number of hydrogen-bond acceptors (Lipinski definition) is 12. The van der Waals surface area contributed by atoms with Crippen LogP contribution in [0.5, 0.6) is 5.75 Å². The third-order valence-corrected chi connectivity index (χ3v) is 9.98. The molecule has 2 aromatic heterocycles. The number of benzene rings is 1. The fraction of sp³-hybridized carbons (Fsp3) is 0.348. The molecule has 0 bridgehead atoms. The van der Waals surface area contributed by atoms with Gasteiger partial charge in [0.05, 0.1) is 0 Å². The molecule has 204 valence electrons. The van der Waals surface area contributed by atoms with Gasteiger partial charge in [-0.3, -0.25) is 14.4 Å². The molecule has 13 nitrogen and oxygen atoms in total. The number of carbonyl (C=O) groups is 3. The molecule has 2 amide bonds. The highest BCUT2D eigenvalue weighted by atomic mass is 32.2. The van der Waals surface area contributed by atoms with Crippen molar-refractivity contribution >= 4 is 58.4 Å². The Balaban J connectivity index is 1.26. The first-order chi connectivity index (χ1) is 18.8. The number of fused-ring (bicyclic) bond motifs is 1. The molecule has 3 N–H and O–H groups in total. The molecule has 0 saturated carbocycles. The molecule has 3 atom stereocenters. The van der Waals surface area contributed by atoms with Gasteiger partial charge in [0, 0.05) is 35.5 Å². The number of carboxylic acid groups (broad SMARTS) is 1. The van der Waals surface area contributed by atoms with E-state index >= 15 is 0 Å². The summed E-state index contributed by atoms with van der Waals surface area (Å²) in [5.74, 6) is -1.56. The number of thiophene rings is 1. The van der Waals surface area contributed by atoms with Gasteiger partial charge in [-0.25, -0.2) is 4.68 Å². The number of carbonyl (C=O) groups excluding carboxylic acids is 2. The number of oxime groups is 1. The molecule has 4 heterocycles. The van der Waals surface area contributed by atoms with E-state index in [1.807, 2.05) is 17.5 Å². The fourth-order valence-corrected chi connectivity index (χ4v) is 7.38. The molecule has 3 aromatic rings. The number of aromatic nitrogens is 4. The average molecular weight is 590 g/mol. The maximum atomic E-state index is 13.3. The van der Waals surface area contributed by atoms with Crippen molar-refractivity contribution in [2.24, 2.45) is 17.6 Å². The molecule has 2 aliphatic rings. The number of carboxylic acids is 1. The van der Waals surface area contributed by atoms with Gasteiger partial charge in [-0.15, -0.1) is 28.2 Å². The molecule has 39 heavy (non-hydrogen) atoms. The van der Waals surface area contributed by atoms with E-state index in [-0.39, 0.29) is 42.0 Å². The smallest absolute Gasteiger partial charge is 0.313 e. The summed E-state index contributed by atoms with van der Waals surface area (Å²) in [7, 11) is 1.66. The maximum Gasteiger partial charge on any atom is 0.313 e. The zero-order valence-corrected chi connectivity index (χ0v) is 22.9. The SMILES string of the molecule is Cn1nnnc1SCC1(C(=O)O)CS[C@@H]2C(NC(=O)C(=NOCc3cccs3)c3ccc(O)cc3)C(=O)N2C1. The molecule has 16 heteroatoms. The van der Waals surface area contributed by atoms with E-state index in [9.17, 15) is 24.6 Å². The van der Waals surface area contributed by atoms with Crippen molar-refractivity contribution in [3.05, 3.63) is 52.2 Å². The molecular formula is C23H23N7O6S3. The van der Waals surface area contributed by atoms with Crippen LogP contribution in [0.25, 0.3) is 0 Å². The van der Waals surface area contributed by atoms with Crippen molar-refractivity contribution in [3.8, 4) is 5.75 Å². The van der Waals surface area contributed by atoms with Crippen molar-refractivity contribution in [2.45, 2.75) is 23.2 Å². The number of aryl methyl sites for hydroxylation is 1. The zero-order valence-electron chi connectivity index (χ0n) is 20.5. The second kappa shape index (κ2) is 11.2. The fourth-order valence-electron chi connectivity index (χ4n) is 4.06. The van der Waals surface area contributed by atoms with Crippen LogP contribution in [0, 0.1) is 5.41 Å². The van der Waals surface area contributed by atoms with Crippen LogP contribution in [0.15, 0.2) is 52.1 Å². The van der Waals surface area contributed by atoms with Gasteiger partial charge in [0.1, 0.15) is 22.6 Å². The molecule has 0 spiro atoms. The van der Waals surface area contributed by atoms with Crippen molar-refractivity contribution in [3.63, 3.8) is 0 Å². The average Bonchev–Trinajstić information content (AvgIpc) is 3.60. The minimum Gasteiger partial charge on any atom is -0.508 e. The molecule has 2 aliphatic heterocycles. The van der Waals surface area contributed by atoms with E-state index in [0.29, 0.717) is 10.7 Å². The quantitative estimate of drug-likeness (QED) is 0.134. The Morgan fingerprint density at radius 1 is 1.31 bits per heavy atom. The van der Waals surface area contributed by atoms with E-state index in [1.165, 1.54) is 68.7 Å². The first kappa shape index (κ1) is 27.0. The summed E-state index contributed by atoms with van der Waals surface area (Å²) in [5, 5.41) is 39.6. The number of phenols is 1. The molecule has 0 aliphatic carbocycles. The molecule has 2 unspecified atom stereocenters. The van der Waals surface area contributed by atoms with Gasteiger partial charge in [0.2, 0.25) is 11.1 Å². The standard InChI is InChI=1S/C23H23N7O6S3/c1-29-22(25-27-28-29)39-12-23(21(34)35)10-30-19(33)17(20(30)38-11-23)24-18(32)16(13-4-6-14(31)7-5-13)26-36-9-15-3-2-8-37-15/h2-8,17,20,31H,9-12H2,1H3,(H,24,32)(H,34,35)/t17?,20-,23?/m1/s1. The van der Waals surface area contributed by atoms with Crippen LogP contribution in [-0.4, -0.2) is 88.3 Å². The lowest BCUT2D eigenvalue weighted by Gasteiger charge is -2.53. The summed E-state index contributed by atoms with van der Waals surface area (Å²) in [6.07, 6.45) is 0. The lowest BCUT2D eigenvalue weighted by molar-refractivity contribution is -0.157. The summed E-state index contributed by atoms with van der Waals surface area (Å²) < 4.78 is 1.46. The van der Waals surface area contributed by atoms with E-state index in [2.05, 4.69) is 26.0 Å². The minimum absolute atomic E-state index is 0.00627. The van der Waals surface area contributed by atoms with Gasteiger partial charge in [-0.2, -0.15) is 0 Å². The lowest BCUT2D eigenvalue weighted by Crippen LogP contribution is -2.74. The van der Waals surface area contributed by atoms with Crippen molar-refractivity contribution in [1.82, 2.24) is 30.4 Å². The van der Waals surface area contributed by atoms with Gasteiger partial charge < -0.3 is 25.3 Å². The van der Waals surface area contributed by atoms with Gasteiger partial charge >= 0.3 is 5.97 Å². The summed E-state index contributed by atoms with van der Waals surface area (Å²) in [5.41, 5.74) is -0.847. The number of rotatable bonds is 10. The number of amides is 2. The topological polar surface area (TPSA) is 172 Å². The number of hydrogen-bond donors (Lipinski definition) is 3. The predicted molar refractivity (Wildman–Crippen MR) is 143 cm³/mol. The number of nitrogens with one attached hydrogen (secondary N) is 1. The number of tetrazole rings is 1. The van der Waals surface area contributed by atoms with Crippen LogP contribution in [0.3, 0.4) is 0 Å². The van der Waals surface area contributed by atoms with Gasteiger partial charge in [-0.1, -0.05) is 23.0 Å². The summed E-state index contributed by atoms with van der Waals surface area (Å²) in [6.45, 7) is 0.174. The number of phenolic OH excluding ortho intramolecular Hbond substituents is 1. The maximum absolute atomic E-state index is 13.3. The number of aromatic hydroxyl groups is 1. The molecule has 0 radical (unpaired) electrons. The van der Waals surface area contributed by atoms with Crippen LogP contribution >= 0.6 is 34.9 Å². The van der Waals surface area contributed by atoms with Gasteiger partial charge in [0.25, 0.3) is 5.91 Å². The van der Waals surface area contributed by atoms with Crippen LogP contribution < -0.4 is 5.32 Å². The lowest BCUT2D eigenvalue weighted by atomic mass is 9.89. The molecule has 2 saturated heterocycles. The Hall–Kier alpha value is -3.63. The minimum atomic E-state index is -1.20. The normalized spacial score (nSPS) is 22.6. The second-order valence-corrected chi connectivity index (χ2v) is 12.0. The molecular weight excluding hydrogens is 566 g/mol. The number of β-lactam (4-membered cyclic amide) rings is 1. The number of aliphatic carboxylic acids is 1. The van der Waals surface area contributed by atoms with Crippen LogP contribution in [0.4, 0.5) is 0 Å². The first-order valence-corrected chi connectivity index (χ1v) is 14.5. The number of nitrogens with zero attached hydrogens (tertiary/aromatic N) is 6. The third-order valence-electron chi connectivity index (χ3n) is 6.24. The van der Waals surface area contributed by atoms with Crippen molar-refractivity contribution < 1.29 is 29.4 Å². The van der Waals surface area contributed by atoms with E-state index < -0.39 is 28.7 Å². The third kappa shape index (κ3) is 5.58. The highest BCUT2D eigenvalue weighted by Gasteiger charge is 2.57. The van der Waals surface area contributed by atoms with Crippen LogP contribution in [0.2, 0.25) is 0 Å². The summed E-state index contributed by atoms with van der Waals surface area (Å²) in [4.78, 5) is 46.4. The summed E-state index contributed by atoms with van der Waals surface area (Å²) >= 11 is 4.01. The van der Waals surface area contributed by atoms with E-state index in [1.54, 1.807) is 7.05 Å². The Bertz CT molecular complexity index is 1400. The largest absolute Gasteiger partial charge is 0.508 e. The monoisotopic (exact) mass is 589 g/mol. The molecule has 2 fully saturated rings. The van der Waals surface area contributed by atoms with Crippen molar-refractivity contribution in [1.29, 1.82) is 0 Å². The highest BCUT2D eigenvalue weighted by molar-refractivity contribution is 8.00.